The van der Waals surface area contributed by atoms with Gasteiger partial charge in [0, 0.05) is 25.9 Å². The average Bonchev–Trinajstić information content (AvgIpc) is 2.38. The highest BCUT2D eigenvalue weighted by Gasteiger charge is 2.25. The van der Waals surface area contributed by atoms with Crippen LogP contribution in [0.25, 0.3) is 0 Å². The lowest BCUT2D eigenvalue weighted by molar-refractivity contribution is 0.0269. The molecule has 1 atom stereocenters. The van der Waals surface area contributed by atoms with Gasteiger partial charge in [0.1, 0.15) is 0 Å². The quantitative estimate of drug-likeness (QED) is 0.837. The molecule has 1 unspecified atom stereocenters. The van der Waals surface area contributed by atoms with Gasteiger partial charge in [0.2, 0.25) is 0 Å². The normalized spacial score (nSPS) is 19.9. The first-order valence-electron chi connectivity index (χ1n) is 5.99. The van der Waals surface area contributed by atoms with Crippen LogP contribution in [0, 0.1) is 0 Å². The molecular weight excluding hydrogens is 252 g/mol. The van der Waals surface area contributed by atoms with Gasteiger partial charge < -0.3 is 15.4 Å². The monoisotopic (exact) mass is 268 g/mol. The molecule has 98 valence electrons. The van der Waals surface area contributed by atoms with Crippen molar-refractivity contribution >= 4 is 23.2 Å². The van der Waals surface area contributed by atoms with Crippen LogP contribution in [0.1, 0.15) is 23.2 Å². The first kappa shape index (κ1) is 13.2. The highest BCUT2D eigenvalue weighted by Crippen LogP contribution is 2.22. The third-order valence-electron chi connectivity index (χ3n) is 3.22. The van der Waals surface area contributed by atoms with Crippen molar-refractivity contribution in [2.75, 3.05) is 25.9 Å². The van der Waals surface area contributed by atoms with Gasteiger partial charge in [-0.3, -0.25) is 4.79 Å². The number of piperidine rings is 1. The maximum Gasteiger partial charge on any atom is 0.255 e. The zero-order valence-electron chi connectivity index (χ0n) is 10.4. The zero-order chi connectivity index (χ0) is 13.1. The molecule has 1 aromatic carbocycles. The van der Waals surface area contributed by atoms with Crippen LogP contribution in [0.4, 0.5) is 5.69 Å². The van der Waals surface area contributed by atoms with Crippen molar-refractivity contribution < 1.29 is 9.53 Å². The van der Waals surface area contributed by atoms with Crippen LogP contribution in [0.3, 0.4) is 0 Å². The van der Waals surface area contributed by atoms with Gasteiger partial charge in [0.05, 0.1) is 16.7 Å². The van der Waals surface area contributed by atoms with E-state index in [9.17, 15) is 4.79 Å². The molecular formula is C13H17ClN2O2. The Morgan fingerprint density at radius 1 is 1.56 bits per heavy atom. The highest BCUT2D eigenvalue weighted by molar-refractivity contribution is 6.34. The zero-order valence-corrected chi connectivity index (χ0v) is 11.1. The third kappa shape index (κ3) is 2.76. The molecule has 1 aliphatic heterocycles. The predicted octanol–water partition coefficient (Wildman–Crippen LogP) is 2.17. The van der Waals surface area contributed by atoms with Crippen molar-refractivity contribution in [2.24, 2.45) is 0 Å². The number of hydrogen-bond donors (Lipinski definition) is 1. The fourth-order valence-electron chi connectivity index (χ4n) is 2.19. The van der Waals surface area contributed by atoms with Crippen molar-refractivity contribution in [3.05, 3.63) is 28.8 Å². The second-order valence-electron chi connectivity index (χ2n) is 4.49. The lowest BCUT2D eigenvalue weighted by Crippen LogP contribution is -2.43. The first-order valence-corrected chi connectivity index (χ1v) is 6.36. The Morgan fingerprint density at radius 2 is 2.33 bits per heavy atom. The van der Waals surface area contributed by atoms with Gasteiger partial charge in [-0.05, 0) is 31.0 Å². The van der Waals surface area contributed by atoms with Gasteiger partial charge >= 0.3 is 0 Å². The molecule has 1 amide bonds. The molecule has 1 fully saturated rings. The lowest BCUT2D eigenvalue weighted by Gasteiger charge is -2.32. The molecule has 1 aliphatic rings. The van der Waals surface area contributed by atoms with E-state index in [1.807, 2.05) is 0 Å². The summed E-state index contributed by atoms with van der Waals surface area (Å²) in [4.78, 5) is 14.1. The van der Waals surface area contributed by atoms with Crippen molar-refractivity contribution in [1.82, 2.24) is 4.90 Å². The number of carbonyl (C=O) groups is 1. The Bertz CT molecular complexity index is 451. The Balaban J connectivity index is 2.15. The third-order valence-corrected chi connectivity index (χ3v) is 3.53. The van der Waals surface area contributed by atoms with E-state index in [0.29, 0.717) is 22.8 Å². The number of methoxy groups -OCH3 is 1. The molecule has 0 spiro atoms. The minimum Gasteiger partial charge on any atom is -0.399 e. The Kier molecular flexibility index (Phi) is 4.09. The van der Waals surface area contributed by atoms with E-state index in [1.165, 1.54) is 0 Å². The van der Waals surface area contributed by atoms with Gasteiger partial charge in [0.25, 0.3) is 5.91 Å². The number of hydrogen-bond acceptors (Lipinski definition) is 3. The van der Waals surface area contributed by atoms with Crippen LogP contribution >= 0.6 is 11.6 Å². The predicted molar refractivity (Wildman–Crippen MR) is 71.8 cm³/mol. The van der Waals surface area contributed by atoms with Crippen LogP contribution in [-0.4, -0.2) is 37.1 Å². The Labute approximate surface area is 112 Å². The van der Waals surface area contributed by atoms with Crippen LogP contribution < -0.4 is 5.73 Å². The number of nitrogens with two attached hydrogens (primary N) is 1. The van der Waals surface area contributed by atoms with Crippen LogP contribution in [0.5, 0.6) is 0 Å². The van der Waals surface area contributed by atoms with Crippen LogP contribution in [0.15, 0.2) is 18.2 Å². The summed E-state index contributed by atoms with van der Waals surface area (Å²) < 4.78 is 5.31. The molecule has 0 bridgehead atoms. The molecule has 2 N–H and O–H groups in total. The maximum atomic E-state index is 12.3. The number of nitrogen functional groups attached to an aromatic ring is 1. The lowest BCUT2D eigenvalue weighted by atomic mass is 10.1. The molecule has 0 saturated carbocycles. The summed E-state index contributed by atoms with van der Waals surface area (Å²) in [6.07, 6.45) is 2.07. The average molecular weight is 269 g/mol. The molecule has 18 heavy (non-hydrogen) atoms. The molecule has 0 aliphatic carbocycles. The Hall–Kier alpha value is -1.26. The van der Waals surface area contributed by atoms with Crippen molar-refractivity contribution in [3.8, 4) is 0 Å². The van der Waals surface area contributed by atoms with Crippen LogP contribution in [-0.2, 0) is 4.74 Å². The second-order valence-corrected chi connectivity index (χ2v) is 4.90. The molecule has 5 heteroatoms. The summed E-state index contributed by atoms with van der Waals surface area (Å²) in [6, 6.07) is 4.97. The van der Waals surface area contributed by atoms with E-state index in [0.717, 1.165) is 19.4 Å². The second kappa shape index (κ2) is 5.59. The summed E-state index contributed by atoms with van der Waals surface area (Å²) in [6.45, 7) is 1.37. The summed E-state index contributed by atoms with van der Waals surface area (Å²) in [5, 5.41) is 0.402. The Morgan fingerprint density at radius 3 is 3.00 bits per heavy atom. The fourth-order valence-corrected chi connectivity index (χ4v) is 2.46. The SMILES string of the molecule is COC1CCCN(C(=O)c2ccc(N)cc2Cl)C1. The van der Waals surface area contributed by atoms with Crippen molar-refractivity contribution in [3.63, 3.8) is 0 Å². The number of likely N-dealkylation sites (tertiary alicyclic amines) is 1. The van der Waals surface area contributed by atoms with E-state index in [4.69, 9.17) is 22.1 Å². The van der Waals surface area contributed by atoms with E-state index in [2.05, 4.69) is 0 Å². The summed E-state index contributed by atoms with van der Waals surface area (Å²) >= 11 is 6.06. The number of rotatable bonds is 2. The first-order chi connectivity index (χ1) is 8.61. The molecule has 4 nitrogen and oxygen atoms in total. The molecule has 0 radical (unpaired) electrons. The minimum absolute atomic E-state index is 0.0539. The molecule has 1 saturated heterocycles. The smallest absolute Gasteiger partial charge is 0.255 e. The van der Waals surface area contributed by atoms with Gasteiger partial charge in [-0.1, -0.05) is 11.6 Å². The molecule has 1 aromatic rings. The number of halogens is 1. The van der Waals surface area contributed by atoms with Gasteiger partial charge in [-0.2, -0.15) is 0 Å². The standard InChI is InChI=1S/C13H17ClN2O2/c1-18-10-3-2-6-16(8-10)13(17)11-5-4-9(15)7-12(11)14/h4-5,7,10H,2-3,6,8,15H2,1H3. The summed E-state index contributed by atoms with van der Waals surface area (Å²) in [5.74, 6) is -0.0539. The van der Waals surface area contributed by atoms with Gasteiger partial charge in [0.15, 0.2) is 0 Å². The van der Waals surface area contributed by atoms with E-state index >= 15 is 0 Å². The number of amides is 1. The number of anilines is 1. The topological polar surface area (TPSA) is 55.6 Å². The molecule has 2 rings (SSSR count). The van der Waals surface area contributed by atoms with E-state index in [-0.39, 0.29) is 12.0 Å². The van der Waals surface area contributed by atoms with Gasteiger partial charge in [-0.25, -0.2) is 0 Å². The minimum atomic E-state index is -0.0539. The summed E-state index contributed by atoms with van der Waals surface area (Å²) in [7, 11) is 1.68. The number of nitrogens with zero attached hydrogens (tertiary/aromatic N) is 1. The molecule has 0 aromatic heterocycles. The van der Waals surface area contributed by atoms with Crippen molar-refractivity contribution in [1.29, 1.82) is 0 Å². The summed E-state index contributed by atoms with van der Waals surface area (Å²) in [5.41, 5.74) is 6.68. The number of carbonyl (C=O) groups excluding carboxylic acids is 1. The van der Waals surface area contributed by atoms with E-state index in [1.54, 1.807) is 30.2 Å². The van der Waals surface area contributed by atoms with Gasteiger partial charge in [-0.15, -0.1) is 0 Å². The number of benzene rings is 1. The largest absolute Gasteiger partial charge is 0.399 e. The number of ether oxygens (including phenoxy) is 1. The van der Waals surface area contributed by atoms with Crippen LogP contribution in [0.2, 0.25) is 5.02 Å². The highest BCUT2D eigenvalue weighted by atomic mass is 35.5. The molecule has 1 heterocycles. The van der Waals surface area contributed by atoms with E-state index < -0.39 is 0 Å². The van der Waals surface area contributed by atoms with Crippen molar-refractivity contribution in [2.45, 2.75) is 18.9 Å². The fraction of sp³-hybridized carbons (Fsp3) is 0.462. The maximum absolute atomic E-state index is 12.3.